The molecule has 1 aromatic carbocycles. The molecule has 0 radical (unpaired) electrons. The SMILES string of the molecule is C=CCn1c(=O)c(CI)nc2ccccc21. The molecule has 0 saturated heterocycles. The van der Waals surface area contributed by atoms with E-state index in [1.807, 2.05) is 24.3 Å². The van der Waals surface area contributed by atoms with Gasteiger partial charge in [0.1, 0.15) is 5.69 Å². The van der Waals surface area contributed by atoms with Gasteiger partial charge in [0.2, 0.25) is 0 Å². The minimum Gasteiger partial charge on any atom is -0.301 e. The predicted molar refractivity (Wildman–Crippen MR) is 73.9 cm³/mol. The normalized spacial score (nSPS) is 10.6. The molecule has 0 aliphatic heterocycles. The van der Waals surface area contributed by atoms with Crippen molar-refractivity contribution >= 4 is 33.6 Å². The van der Waals surface area contributed by atoms with Crippen LogP contribution in [0.1, 0.15) is 5.69 Å². The smallest absolute Gasteiger partial charge is 0.273 e. The van der Waals surface area contributed by atoms with E-state index in [2.05, 4.69) is 34.2 Å². The maximum absolute atomic E-state index is 12.1. The lowest BCUT2D eigenvalue weighted by Crippen LogP contribution is -2.24. The summed E-state index contributed by atoms with van der Waals surface area (Å²) in [6.45, 7) is 4.20. The number of hydrogen-bond donors (Lipinski definition) is 0. The number of para-hydroxylation sites is 2. The Balaban J connectivity index is 2.85. The molecule has 82 valence electrons. The number of halogens is 1. The third-order valence-electron chi connectivity index (χ3n) is 2.36. The Labute approximate surface area is 107 Å². The molecule has 0 unspecified atom stereocenters. The topological polar surface area (TPSA) is 34.9 Å². The van der Waals surface area contributed by atoms with Crippen molar-refractivity contribution in [3.63, 3.8) is 0 Å². The van der Waals surface area contributed by atoms with Crippen molar-refractivity contribution < 1.29 is 0 Å². The molecule has 0 saturated carbocycles. The van der Waals surface area contributed by atoms with E-state index < -0.39 is 0 Å². The number of rotatable bonds is 3. The van der Waals surface area contributed by atoms with E-state index in [-0.39, 0.29) is 5.56 Å². The summed E-state index contributed by atoms with van der Waals surface area (Å²) in [6, 6.07) is 7.66. The summed E-state index contributed by atoms with van der Waals surface area (Å²) in [6.07, 6.45) is 1.73. The van der Waals surface area contributed by atoms with Gasteiger partial charge in [-0.25, -0.2) is 4.98 Å². The van der Waals surface area contributed by atoms with Crippen molar-refractivity contribution in [3.05, 3.63) is 53.0 Å². The number of alkyl halides is 1. The fourth-order valence-corrected chi connectivity index (χ4v) is 2.14. The highest BCUT2D eigenvalue weighted by atomic mass is 127. The molecule has 0 amide bonds. The van der Waals surface area contributed by atoms with Crippen molar-refractivity contribution in [2.24, 2.45) is 0 Å². The standard InChI is InChI=1S/C12H11IN2O/c1-2-7-15-11-6-4-3-5-9(11)14-10(8-13)12(15)16/h2-6H,1,7-8H2. The van der Waals surface area contributed by atoms with Crippen LogP contribution in [0.3, 0.4) is 0 Å². The van der Waals surface area contributed by atoms with Gasteiger partial charge in [-0.15, -0.1) is 6.58 Å². The van der Waals surface area contributed by atoms with Gasteiger partial charge in [-0.05, 0) is 12.1 Å². The van der Waals surface area contributed by atoms with Crippen LogP contribution in [0.15, 0.2) is 41.7 Å². The number of hydrogen-bond acceptors (Lipinski definition) is 2. The fraction of sp³-hybridized carbons (Fsp3) is 0.167. The van der Waals surface area contributed by atoms with Crippen LogP contribution in [0, 0.1) is 0 Å². The second-order valence-corrected chi connectivity index (χ2v) is 4.15. The number of nitrogens with zero attached hydrogens (tertiary/aromatic N) is 2. The van der Waals surface area contributed by atoms with E-state index >= 15 is 0 Å². The van der Waals surface area contributed by atoms with Gasteiger partial charge in [-0.3, -0.25) is 4.79 Å². The van der Waals surface area contributed by atoms with Crippen molar-refractivity contribution in [1.29, 1.82) is 0 Å². The number of allylic oxidation sites excluding steroid dienone is 1. The molecule has 0 atom stereocenters. The average molecular weight is 326 g/mol. The molecule has 0 N–H and O–H groups in total. The third-order valence-corrected chi connectivity index (χ3v) is 3.08. The van der Waals surface area contributed by atoms with Crippen LogP contribution < -0.4 is 5.56 Å². The first-order valence-electron chi connectivity index (χ1n) is 4.93. The van der Waals surface area contributed by atoms with E-state index in [4.69, 9.17) is 0 Å². The summed E-state index contributed by atoms with van der Waals surface area (Å²) in [5, 5.41) is 0. The first-order chi connectivity index (χ1) is 7.77. The zero-order valence-corrected chi connectivity index (χ0v) is 10.8. The van der Waals surface area contributed by atoms with E-state index in [9.17, 15) is 4.79 Å². The van der Waals surface area contributed by atoms with Gasteiger partial charge in [-0.2, -0.15) is 0 Å². The number of fused-ring (bicyclic) bond motifs is 1. The van der Waals surface area contributed by atoms with E-state index in [0.29, 0.717) is 16.7 Å². The van der Waals surface area contributed by atoms with E-state index in [0.717, 1.165) is 11.0 Å². The average Bonchev–Trinajstić information content (AvgIpc) is 2.32. The van der Waals surface area contributed by atoms with Crippen LogP contribution in [0.25, 0.3) is 11.0 Å². The lowest BCUT2D eigenvalue weighted by molar-refractivity contribution is 0.796. The highest BCUT2D eigenvalue weighted by Gasteiger charge is 2.08. The molecule has 2 aromatic rings. The van der Waals surface area contributed by atoms with Crippen molar-refractivity contribution in [3.8, 4) is 0 Å². The second-order valence-electron chi connectivity index (χ2n) is 3.39. The highest BCUT2D eigenvalue weighted by Crippen LogP contribution is 2.11. The molecule has 0 aliphatic carbocycles. The predicted octanol–water partition coefficient (Wildman–Crippen LogP) is 2.52. The summed E-state index contributed by atoms with van der Waals surface area (Å²) in [5.74, 6) is 0. The Morgan fingerprint density at radius 2 is 2.19 bits per heavy atom. The molecular formula is C12H11IN2O. The van der Waals surface area contributed by atoms with Gasteiger partial charge in [0.15, 0.2) is 0 Å². The summed E-state index contributed by atoms with van der Waals surface area (Å²) in [4.78, 5) is 16.4. The van der Waals surface area contributed by atoms with Gasteiger partial charge in [0, 0.05) is 11.0 Å². The first-order valence-corrected chi connectivity index (χ1v) is 6.46. The molecule has 0 aliphatic rings. The summed E-state index contributed by atoms with van der Waals surface area (Å²) in [5.41, 5.74) is 2.30. The third kappa shape index (κ3) is 1.89. The van der Waals surface area contributed by atoms with Crippen LogP contribution >= 0.6 is 22.6 Å². The quantitative estimate of drug-likeness (QED) is 0.494. The Morgan fingerprint density at radius 1 is 1.44 bits per heavy atom. The Hall–Kier alpha value is -1.17. The lowest BCUT2D eigenvalue weighted by atomic mass is 10.3. The Bertz CT molecular complexity index is 589. The molecule has 0 fully saturated rings. The van der Waals surface area contributed by atoms with Gasteiger partial charge < -0.3 is 4.57 Å². The van der Waals surface area contributed by atoms with Crippen molar-refractivity contribution in [1.82, 2.24) is 9.55 Å². The van der Waals surface area contributed by atoms with Gasteiger partial charge in [0.25, 0.3) is 5.56 Å². The summed E-state index contributed by atoms with van der Waals surface area (Å²) in [7, 11) is 0. The van der Waals surface area contributed by atoms with Crippen LogP contribution in [-0.2, 0) is 11.0 Å². The second kappa shape index (κ2) is 4.78. The van der Waals surface area contributed by atoms with Crippen LogP contribution in [0.5, 0.6) is 0 Å². The molecule has 0 spiro atoms. The van der Waals surface area contributed by atoms with Crippen molar-refractivity contribution in [2.75, 3.05) is 0 Å². The zero-order valence-electron chi connectivity index (χ0n) is 8.69. The monoisotopic (exact) mass is 326 g/mol. The van der Waals surface area contributed by atoms with E-state index in [1.165, 1.54) is 0 Å². The molecule has 4 heteroatoms. The molecule has 3 nitrogen and oxygen atoms in total. The van der Waals surface area contributed by atoms with Gasteiger partial charge in [0.05, 0.1) is 11.0 Å². The summed E-state index contributed by atoms with van der Waals surface area (Å²) >= 11 is 2.16. The minimum atomic E-state index is -0.0204. The lowest BCUT2D eigenvalue weighted by Gasteiger charge is -2.08. The molecule has 1 heterocycles. The Kier molecular flexibility index (Phi) is 3.38. The molecule has 16 heavy (non-hydrogen) atoms. The van der Waals surface area contributed by atoms with Crippen LogP contribution in [0.2, 0.25) is 0 Å². The molecule has 1 aromatic heterocycles. The minimum absolute atomic E-state index is 0.0204. The maximum atomic E-state index is 12.1. The van der Waals surface area contributed by atoms with Gasteiger partial charge >= 0.3 is 0 Å². The van der Waals surface area contributed by atoms with Crippen LogP contribution in [0.4, 0.5) is 0 Å². The van der Waals surface area contributed by atoms with Crippen LogP contribution in [-0.4, -0.2) is 9.55 Å². The molecule has 0 bridgehead atoms. The van der Waals surface area contributed by atoms with Gasteiger partial charge in [-0.1, -0.05) is 40.8 Å². The largest absolute Gasteiger partial charge is 0.301 e. The highest BCUT2D eigenvalue weighted by molar-refractivity contribution is 14.1. The Morgan fingerprint density at radius 3 is 2.88 bits per heavy atom. The number of benzene rings is 1. The van der Waals surface area contributed by atoms with E-state index in [1.54, 1.807) is 10.6 Å². The fourth-order valence-electron chi connectivity index (χ4n) is 1.64. The number of aromatic nitrogens is 2. The summed E-state index contributed by atoms with van der Waals surface area (Å²) < 4.78 is 2.34. The maximum Gasteiger partial charge on any atom is 0.273 e. The first kappa shape index (κ1) is 11.3. The van der Waals surface area contributed by atoms with Crippen molar-refractivity contribution in [2.45, 2.75) is 11.0 Å². The zero-order chi connectivity index (χ0) is 11.5. The molecular weight excluding hydrogens is 315 g/mol. The molecule has 2 rings (SSSR count).